The minimum atomic E-state index is -0.428. The number of nitrogens with zero attached hydrogens (tertiary/aromatic N) is 3. The molecule has 0 atom stereocenters. The summed E-state index contributed by atoms with van der Waals surface area (Å²) in [4.78, 5) is 37.1. The van der Waals surface area contributed by atoms with Crippen molar-refractivity contribution >= 4 is 34.4 Å². The summed E-state index contributed by atoms with van der Waals surface area (Å²) in [5.74, 6) is 0.148. The number of hydrogen-bond acceptors (Lipinski definition) is 3. The molecule has 1 aliphatic carbocycles. The number of carbonyl (C=O) groups is 2. The molecule has 0 bridgehead atoms. The Morgan fingerprint density at radius 3 is 2.48 bits per heavy atom. The lowest BCUT2D eigenvalue weighted by Gasteiger charge is -2.36. The van der Waals surface area contributed by atoms with Gasteiger partial charge in [-0.15, -0.1) is 0 Å². The third-order valence-electron chi connectivity index (χ3n) is 6.06. The predicted molar refractivity (Wildman–Crippen MR) is 111 cm³/mol. The van der Waals surface area contributed by atoms with E-state index in [1.807, 2.05) is 46.2 Å². The number of amides is 2. The van der Waals surface area contributed by atoms with E-state index in [-0.39, 0.29) is 11.8 Å². The van der Waals surface area contributed by atoms with Gasteiger partial charge in [-0.1, -0.05) is 23.7 Å². The Labute approximate surface area is 173 Å². The molecule has 2 fully saturated rings. The first kappa shape index (κ1) is 18.2. The molecule has 6 nitrogen and oxygen atoms in total. The molecule has 2 heterocycles. The third-order valence-corrected chi connectivity index (χ3v) is 6.29. The van der Waals surface area contributed by atoms with Gasteiger partial charge in [0.25, 0.3) is 5.91 Å². The van der Waals surface area contributed by atoms with Gasteiger partial charge in [0.1, 0.15) is 0 Å². The van der Waals surface area contributed by atoms with Crippen LogP contribution >= 0.6 is 11.6 Å². The second-order valence-corrected chi connectivity index (χ2v) is 8.25. The molecule has 1 aliphatic heterocycles. The number of carbonyl (C=O) groups excluding carboxylic acids is 2. The lowest BCUT2D eigenvalue weighted by Crippen LogP contribution is -2.53. The quantitative estimate of drug-likeness (QED) is 0.723. The lowest BCUT2D eigenvalue weighted by atomic mass is 9.94. The van der Waals surface area contributed by atoms with Crippen molar-refractivity contribution in [1.82, 2.24) is 19.8 Å². The van der Waals surface area contributed by atoms with E-state index in [1.54, 1.807) is 12.4 Å². The number of halogens is 1. The molecule has 0 radical (unpaired) electrons. The van der Waals surface area contributed by atoms with Crippen LogP contribution in [0.15, 0.2) is 48.8 Å². The van der Waals surface area contributed by atoms with Gasteiger partial charge in [0.15, 0.2) is 0 Å². The molecule has 1 saturated heterocycles. The summed E-state index contributed by atoms with van der Waals surface area (Å²) in [6, 6.07) is 13.1. The molecule has 2 aliphatic rings. The fraction of sp³-hybridized carbons (Fsp3) is 0.318. The van der Waals surface area contributed by atoms with Gasteiger partial charge in [-0.2, -0.15) is 0 Å². The number of piperazine rings is 1. The molecule has 1 N–H and O–H groups in total. The molecular formula is C22H21ClN4O2. The number of aromatic amines is 1. The van der Waals surface area contributed by atoms with Crippen LogP contribution in [-0.4, -0.2) is 57.8 Å². The Morgan fingerprint density at radius 1 is 1.00 bits per heavy atom. The summed E-state index contributed by atoms with van der Waals surface area (Å²) in [5.41, 5.74) is 2.90. The van der Waals surface area contributed by atoms with Crippen molar-refractivity contribution in [3.8, 4) is 0 Å². The second kappa shape index (κ2) is 6.88. The van der Waals surface area contributed by atoms with E-state index in [4.69, 9.17) is 11.6 Å². The number of H-pyrrole nitrogens is 1. The number of nitrogens with one attached hydrogen (secondary N) is 1. The number of hydrogen-bond donors (Lipinski definition) is 1. The van der Waals surface area contributed by atoms with Gasteiger partial charge < -0.3 is 14.8 Å². The topological polar surface area (TPSA) is 69.3 Å². The summed E-state index contributed by atoms with van der Waals surface area (Å²) in [7, 11) is 0. The maximum atomic E-state index is 13.2. The molecular weight excluding hydrogens is 388 g/mol. The van der Waals surface area contributed by atoms with E-state index in [1.165, 1.54) is 0 Å². The molecule has 1 saturated carbocycles. The minimum absolute atomic E-state index is 0.00965. The predicted octanol–water partition coefficient (Wildman–Crippen LogP) is 3.23. The van der Waals surface area contributed by atoms with Crippen LogP contribution in [0.1, 0.15) is 28.8 Å². The van der Waals surface area contributed by atoms with Crippen molar-refractivity contribution < 1.29 is 9.59 Å². The van der Waals surface area contributed by atoms with Crippen LogP contribution in [0.25, 0.3) is 11.0 Å². The molecule has 0 unspecified atom stereocenters. The van der Waals surface area contributed by atoms with Crippen molar-refractivity contribution in [2.75, 3.05) is 26.2 Å². The van der Waals surface area contributed by atoms with Crippen LogP contribution in [0.2, 0.25) is 5.02 Å². The van der Waals surface area contributed by atoms with Crippen LogP contribution in [0.4, 0.5) is 0 Å². The zero-order valence-electron chi connectivity index (χ0n) is 15.9. The number of fused-ring (bicyclic) bond motifs is 1. The highest BCUT2D eigenvalue weighted by molar-refractivity contribution is 6.30. The van der Waals surface area contributed by atoms with Gasteiger partial charge in [-0.3, -0.25) is 9.59 Å². The van der Waals surface area contributed by atoms with Gasteiger partial charge in [0.05, 0.1) is 22.8 Å². The first-order valence-electron chi connectivity index (χ1n) is 9.85. The Bertz CT molecular complexity index is 1100. The first-order chi connectivity index (χ1) is 14.1. The van der Waals surface area contributed by atoms with Gasteiger partial charge in [-0.25, -0.2) is 4.98 Å². The number of imidazole rings is 1. The lowest BCUT2D eigenvalue weighted by molar-refractivity contribution is -0.135. The molecule has 148 valence electrons. The smallest absolute Gasteiger partial charge is 0.254 e. The van der Waals surface area contributed by atoms with E-state index in [0.29, 0.717) is 36.8 Å². The molecule has 2 amide bonds. The number of rotatable bonds is 3. The van der Waals surface area contributed by atoms with E-state index < -0.39 is 5.41 Å². The molecule has 29 heavy (non-hydrogen) atoms. The normalized spacial score (nSPS) is 18.1. The highest BCUT2D eigenvalue weighted by atomic mass is 35.5. The fourth-order valence-corrected chi connectivity index (χ4v) is 4.39. The van der Waals surface area contributed by atoms with Crippen LogP contribution in [0.3, 0.4) is 0 Å². The SMILES string of the molecule is O=C(c1ccc2nc[nH]c2c1)N1CCN(C(=O)C2(c3cccc(Cl)c3)CC2)CC1. The molecule has 0 spiro atoms. The largest absolute Gasteiger partial charge is 0.345 e. The fourth-order valence-electron chi connectivity index (χ4n) is 4.20. The highest BCUT2D eigenvalue weighted by Gasteiger charge is 2.53. The van der Waals surface area contributed by atoms with Crippen molar-refractivity contribution in [2.45, 2.75) is 18.3 Å². The van der Waals surface area contributed by atoms with Crippen molar-refractivity contribution in [3.63, 3.8) is 0 Å². The standard InChI is InChI=1S/C22H21ClN4O2/c23-17-3-1-2-16(13-17)22(6-7-22)21(29)27-10-8-26(9-11-27)20(28)15-4-5-18-19(12-15)25-14-24-18/h1-5,12-14H,6-11H2,(H,24,25). The summed E-state index contributed by atoms with van der Waals surface area (Å²) in [6.45, 7) is 2.19. The van der Waals surface area contributed by atoms with Crippen LogP contribution in [-0.2, 0) is 10.2 Å². The monoisotopic (exact) mass is 408 g/mol. The summed E-state index contributed by atoms with van der Waals surface area (Å²) < 4.78 is 0. The Kier molecular flexibility index (Phi) is 4.32. The maximum absolute atomic E-state index is 13.2. The van der Waals surface area contributed by atoms with Crippen molar-refractivity contribution in [2.24, 2.45) is 0 Å². The average Bonchev–Trinajstić information content (AvgIpc) is 3.43. The van der Waals surface area contributed by atoms with Crippen LogP contribution < -0.4 is 0 Å². The van der Waals surface area contributed by atoms with E-state index >= 15 is 0 Å². The highest BCUT2D eigenvalue weighted by Crippen LogP contribution is 2.50. The van der Waals surface area contributed by atoms with Crippen LogP contribution in [0.5, 0.6) is 0 Å². The summed E-state index contributed by atoms with van der Waals surface area (Å²) in [6.07, 6.45) is 3.34. The molecule has 3 aromatic rings. The Morgan fingerprint density at radius 2 is 1.76 bits per heavy atom. The molecule has 1 aromatic heterocycles. The Balaban J connectivity index is 1.26. The Hall–Kier alpha value is -2.86. The van der Waals surface area contributed by atoms with Gasteiger partial charge in [0, 0.05) is 36.8 Å². The zero-order valence-corrected chi connectivity index (χ0v) is 16.7. The molecule has 2 aromatic carbocycles. The first-order valence-corrected chi connectivity index (χ1v) is 10.2. The van der Waals surface area contributed by atoms with Crippen molar-refractivity contribution in [3.05, 3.63) is 64.9 Å². The van der Waals surface area contributed by atoms with E-state index in [2.05, 4.69) is 9.97 Å². The summed E-state index contributed by atoms with van der Waals surface area (Å²) >= 11 is 6.14. The maximum Gasteiger partial charge on any atom is 0.254 e. The van der Waals surface area contributed by atoms with Gasteiger partial charge >= 0.3 is 0 Å². The minimum Gasteiger partial charge on any atom is -0.345 e. The molecule has 5 rings (SSSR count). The molecule has 7 heteroatoms. The van der Waals surface area contributed by atoms with E-state index in [0.717, 1.165) is 29.4 Å². The summed E-state index contributed by atoms with van der Waals surface area (Å²) in [5, 5.41) is 0.659. The van der Waals surface area contributed by atoms with Crippen LogP contribution in [0, 0.1) is 0 Å². The average molecular weight is 409 g/mol. The second-order valence-electron chi connectivity index (χ2n) is 7.81. The van der Waals surface area contributed by atoms with Gasteiger partial charge in [-0.05, 0) is 48.7 Å². The third kappa shape index (κ3) is 3.17. The van der Waals surface area contributed by atoms with Gasteiger partial charge in [0.2, 0.25) is 5.91 Å². The van der Waals surface area contributed by atoms with Crippen molar-refractivity contribution in [1.29, 1.82) is 0 Å². The van der Waals surface area contributed by atoms with E-state index in [9.17, 15) is 9.59 Å². The number of aromatic nitrogens is 2. The zero-order chi connectivity index (χ0) is 20.0. The number of benzene rings is 2.